The van der Waals surface area contributed by atoms with E-state index in [1.54, 1.807) is 42.6 Å². The lowest BCUT2D eigenvalue weighted by Crippen LogP contribution is -2.25. The van der Waals surface area contributed by atoms with Gasteiger partial charge in [0.1, 0.15) is 0 Å². The first-order chi connectivity index (χ1) is 17.1. The predicted molar refractivity (Wildman–Crippen MR) is 142 cm³/mol. The topological polar surface area (TPSA) is 107 Å². The van der Waals surface area contributed by atoms with E-state index >= 15 is 0 Å². The molecule has 1 aromatic heterocycles. The van der Waals surface area contributed by atoms with Gasteiger partial charge >= 0.3 is 0 Å². The SMILES string of the molecule is Nc1cccc(C(=O)c2ccc3c(C=Nc4ccc(NCCN5CCCC5)cc4)c(O)[nH]c3c2)c1. The maximum atomic E-state index is 12.8. The molecule has 7 heteroatoms. The summed E-state index contributed by atoms with van der Waals surface area (Å²) in [6.45, 7) is 4.39. The molecule has 0 radical (unpaired) electrons. The first-order valence-corrected chi connectivity index (χ1v) is 11.9. The molecule has 0 atom stereocenters. The van der Waals surface area contributed by atoms with Gasteiger partial charge in [-0.15, -0.1) is 0 Å². The summed E-state index contributed by atoms with van der Waals surface area (Å²) in [6, 6.07) is 20.1. The van der Waals surface area contributed by atoms with E-state index < -0.39 is 0 Å². The number of nitrogens with two attached hydrogens (primary N) is 1. The number of ketones is 1. The second-order valence-corrected chi connectivity index (χ2v) is 8.88. The molecular formula is C28H29N5O2. The molecule has 178 valence electrons. The van der Waals surface area contributed by atoms with Crippen molar-refractivity contribution < 1.29 is 9.90 Å². The van der Waals surface area contributed by atoms with Crippen molar-refractivity contribution in [2.45, 2.75) is 12.8 Å². The van der Waals surface area contributed by atoms with Gasteiger partial charge in [0, 0.05) is 52.7 Å². The van der Waals surface area contributed by atoms with Crippen LogP contribution >= 0.6 is 0 Å². The third kappa shape index (κ3) is 5.20. The average molecular weight is 468 g/mol. The summed E-state index contributed by atoms with van der Waals surface area (Å²) in [5.74, 6) is -0.116. The molecule has 0 spiro atoms. The Kier molecular flexibility index (Phi) is 6.50. The zero-order chi connectivity index (χ0) is 24.2. The Labute approximate surface area is 204 Å². The lowest BCUT2D eigenvalue weighted by atomic mass is 10.0. The summed E-state index contributed by atoms with van der Waals surface area (Å²) in [5.41, 5.74) is 10.5. The number of carbonyl (C=O) groups excluding carboxylic acids is 1. The summed E-state index contributed by atoms with van der Waals surface area (Å²) < 4.78 is 0. The summed E-state index contributed by atoms with van der Waals surface area (Å²) in [6.07, 6.45) is 4.26. The fourth-order valence-electron chi connectivity index (χ4n) is 4.49. The van der Waals surface area contributed by atoms with Crippen molar-refractivity contribution >= 4 is 40.0 Å². The molecule has 5 N–H and O–H groups in total. The van der Waals surface area contributed by atoms with Crippen LogP contribution in [0.5, 0.6) is 5.88 Å². The molecule has 0 amide bonds. The van der Waals surface area contributed by atoms with Gasteiger partial charge in [-0.3, -0.25) is 9.79 Å². The zero-order valence-electron chi connectivity index (χ0n) is 19.5. The molecule has 1 aliphatic rings. The van der Waals surface area contributed by atoms with Crippen molar-refractivity contribution in [1.29, 1.82) is 0 Å². The van der Waals surface area contributed by atoms with Gasteiger partial charge < -0.3 is 26.0 Å². The maximum absolute atomic E-state index is 12.8. The van der Waals surface area contributed by atoms with Crippen LogP contribution in [0.4, 0.5) is 17.1 Å². The molecule has 0 saturated carbocycles. The number of aromatic hydroxyl groups is 1. The normalized spacial score (nSPS) is 14.2. The molecule has 0 aliphatic carbocycles. The summed E-state index contributed by atoms with van der Waals surface area (Å²) >= 11 is 0. The summed E-state index contributed by atoms with van der Waals surface area (Å²) in [4.78, 5) is 22.8. The van der Waals surface area contributed by atoms with Crippen molar-refractivity contribution in [3.63, 3.8) is 0 Å². The van der Waals surface area contributed by atoms with E-state index in [0.717, 1.165) is 29.9 Å². The van der Waals surface area contributed by atoms with Crippen LogP contribution in [0, 0.1) is 0 Å². The second-order valence-electron chi connectivity index (χ2n) is 8.88. The highest BCUT2D eigenvalue weighted by Gasteiger charge is 2.14. The van der Waals surface area contributed by atoms with Gasteiger partial charge in [0.15, 0.2) is 11.7 Å². The Morgan fingerprint density at radius 1 is 1.06 bits per heavy atom. The fraction of sp³-hybridized carbons (Fsp3) is 0.214. The molecule has 0 bridgehead atoms. The quantitative estimate of drug-likeness (QED) is 0.167. The lowest BCUT2D eigenvalue weighted by Gasteiger charge is -2.15. The minimum atomic E-state index is -0.127. The van der Waals surface area contributed by atoms with Crippen molar-refractivity contribution in [2.24, 2.45) is 4.99 Å². The van der Waals surface area contributed by atoms with Crippen LogP contribution < -0.4 is 11.1 Å². The summed E-state index contributed by atoms with van der Waals surface area (Å²) in [7, 11) is 0. The minimum Gasteiger partial charge on any atom is -0.494 e. The van der Waals surface area contributed by atoms with Crippen LogP contribution in [-0.4, -0.2) is 53.2 Å². The number of nitrogen functional groups attached to an aromatic ring is 1. The molecule has 3 aromatic carbocycles. The third-order valence-corrected chi connectivity index (χ3v) is 6.39. The van der Waals surface area contributed by atoms with E-state index in [-0.39, 0.29) is 11.7 Å². The monoisotopic (exact) mass is 467 g/mol. The Morgan fingerprint density at radius 3 is 2.60 bits per heavy atom. The Morgan fingerprint density at radius 2 is 1.83 bits per heavy atom. The smallest absolute Gasteiger partial charge is 0.198 e. The number of benzene rings is 3. The fourth-order valence-corrected chi connectivity index (χ4v) is 4.49. The third-order valence-electron chi connectivity index (χ3n) is 6.39. The number of rotatable bonds is 8. The Balaban J connectivity index is 1.27. The molecule has 0 unspecified atom stereocenters. The van der Waals surface area contributed by atoms with Crippen molar-refractivity contribution in [1.82, 2.24) is 9.88 Å². The predicted octanol–water partition coefficient (Wildman–Crippen LogP) is 4.95. The largest absolute Gasteiger partial charge is 0.494 e. The van der Waals surface area contributed by atoms with E-state index in [9.17, 15) is 9.90 Å². The van der Waals surface area contributed by atoms with E-state index in [2.05, 4.69) is 20.2 Å². The standard InChI is InChI=1S/C28H29N5O2/c29-21-5-3-4-19(16-21)27(34)20-6-11-24-25(28(35)32-26(24)17-20)18-31-23-9-7-22(8-10-23)30-12-15-33-13-1-2-14-33/h3-11,16-18,30,32,35H,1-2,12-15,29H2. The number of hydrogen-bond acceptors (Lipinski definition) is 6. The number of aromatic amines is 1. The van der Waals surface area contributed by atoms with Gasteiger partial charge in [0.25, 0.3) is 0 Å². The van der Waals surface area contributed by atoms with E-state index in [1.807, 2.05) is 30.3 Å². The number of carbonyl (C=O) groups is 1. The zero-order valence-corrected chi connectivity index (χ0v) is 19.5. The molecule has 7 nitrogen and oxygen atoms in total. The van der Waals surface area contributed by atoms with Crippen molar-refractivity contribution in [2.75, 3.05) is 37.2 Å². The number of anilines is 2. The molecule has 2 heterocycles. The number of hydrogen-bond donors (Lipinski definition) is 4. The number of H-pyrrole nitrogens is 1. The van der Waals surface area contributed by atoms with Crippen LogP contribution in [0.3, 0.4) is 0 Å². The second kappa shape index (κ2) is 10.0. The van der Waals surface area contributed by atoms with Crippen LogP contribution in [0.15, 0.2) is 71.7 Å². The minimum absolute atomic E-state index is 0.0116. The van der Waals surface area contributed by atoms with Crippen LogP contribution in [-0.2, 0) is 0 Å². The Bertz CT molecular complexity index is 1370. The molecule has 5 rings (SSSR count). The summed E-state index contributed by atoms with van der Waals surface area (Å²) in [5, 5.41) is 14.7. The highest BCUT2D eigenvalue weighted by Crippen LogP contribution is 2.28. The van der Waals surface area contributed by atoms with E-state index in [1.165, 1.54) is 25.9 Å². The van der Waals surface area contributed by atoms with Crippen molar-refractivity contribution in [3.05, 3.63) is 83.4 Å². The van der Waals surface area contributed by atoms with Gasteiger partial charge in [0.05, 0.1) is 11.3 Å². The van der Waals surface area contributed by atoms with Crippen LogP contribution in [0.25, 0.3) is 10.9 Å². The maximum Gasteiger partial charge on any atom is 0.198 e. The molecule has 1 fully saturated rings. The number of nitrogens with zero attached hydrogens (tertiary/aromatic N) is 2. The van der Waals surface area contributed by atoms with Crippen molar-refractivity contribution in [3.8, 4) is 5.88 Å². The highest BCUT2D eigenvalue weighted by molar-refractivity contribution is 6.12. The molecule has 1 saturated heterocycles. The molecular weight excluding hydrogens is 438 g/mol. The van der Waals surface area contributed by atoms with Gasteiger partial charge in [-0.2, -0.15) is 0 Å². The molecule has 1 aliphatic heterocycles. The van der Waals surface area contributed by atoms with Gasteiger partial charge in [-0.05, 0) is 68.4 Å². The van der Waals surface area contributed by atoms with Gasteiger partial charge in [-0.25, -0.2) is 0 Å². The van der Waals surface area contributed by atoms with E-state index in [0.29, 0.717) is 27.9 Å². The highest BCUT2D eigenvalue weighted by atomic mass is 16.3. The lowest BCUT2D eigenvalue weighted by molar-refractivity contribution is 0.103. The average Bonchev–Trinajstić information content (AvgIpc) is 3.49. The van der Waals surface area contributed by atoms with Crippen LogP contribution in [0.1, 0.15) is 34.3 Å². The number of likely N-dealkylation sites (tertiary alicyclic amines) is 1. The Hall–Kier alpha value is -4.10. The number of aromatic nitrogens is 1. The van der Waals surface area contributed by atoms with Gasteiger partial charge in [0.2, 0.25) is 0 Å². The number of nitrogens with one attached hydrogen (secondary N) is 2. The first kappa shape index (κ1) is 22.7. The first-order valence-electron chi connectivity index (χ1n) is 11.9. The van der Waals surface area contributed by atoms with E-state index in [4.69, 9.17) is 5.73 Å². The number of fused-ring (bicyclic) bond motifs is 1. The van der Waals surface area contributed by atoms with Crippen LogP contribution in [0.2, 0.25) is 0 Å². The number of aliphatic imine (C=N–C) groups is 1. The molecule has 4 aromatic rings. The molecule has 35 heavy (non-hydrogen) atoms. The van der Waals surface area contributed by atoms with Gasteiger partial charge in [-0.1, -0.05) is 24.3 Å².